The summed E-state index contributed by atoms with van der Waals surface area (Å²) in [6.07, 6.45) is -0.548. The van der Waals surface area contributed by atoms with E-state index in [9.17, 15) is 4.39 Å². The summed E-state index contributed by atoms with van der Waals surface area (Å²) < 4.78 is 23.8. The summed E-state index contributed by atoms with van der Waals surface area (Å²) in [6.45, 7) is 0.446. The largest absolute Gasteiger partial charge is 0.496 e. The van der Waals surface area contributed by atoms with E-state index in [1.165, 1.54) is 7.11 Å². The van der Waals surface area contributed by atoms with E-state index in [2.05, 4.69) is 0 Å². The van der Waals surface area contributed by atoms with E-state index in [1.807, 2.05) is 0 Å². The molecule has 1 aromatic carbocycles. The molecule has 0 N–H and O–H groups in total. The van der Waals surface area contributed by atoms with Gasteiger partial charge in [-0.25, -0.2) is 4.39 Å². The van der Waals surface area contributed by atoms with E-state index in [-0.39, 0.29) is 0 Å². The molecule has 3 heteroatoms. The van der Waals surface area contributed by atoms with Crippen LogP contribution < -0.4 is 9.47 Å². The fraction of sp³-hybridized carbons (Fsp3) is 0.400. The van der Waals surface area contributed by atoms with Crippen molar-refractivity contribution in [3.63, 3.8) is 0 Å². The molecule has 2 nitrogen and oxygen atoms in total. The van der Waals surface area contributed by atoms with Crippen LogP contribution in [0.4, 0.5) is 4.39 Å². The number of rotatable bonds is 1. The van der Waals surface area contributed by atoms with Gasteiger partial charge in [-0.1, -0.05) is 6.07 Å². The van der Waals surface area contributed by atoms with Gasteiger partial charge in [-0.2, -0.15) is 0 Å². The molecular weight excluding hydrogens is 171 g/mol. The molecule has 0 fully saturated rings. The van der Waals surface area contributed by atoms with Crippen LogP contribution >= 0.6 is 0 Å². The SMILES string of the molecule is COc1cccc2c1C(F)CCO2. The molecule has 0 saturated carbocycles. The van der Waals surface area contributed by atoms with Crippen LogP contribution in [0.5, 0.6) is 11.5 Å². The molecule has 1 unspecified atom stereocenters. The Morgan fingerprint density at radius 3 is 3.15 bits per heavy atom. The van der Waals surface area contributed by atoms with Gasteiger partial charge in [-0.15, -0.1) is 0 Å². The first-order valence-corrected chi connectivity index (χ1v) is 4.26. The lowest BCUT2D eigenvalue weighted by Crippen LogP contribution is -2.12. The lowest BCUT2D eigenvalue weighted by molar-refractivity contribution is 0.194. The number of ether oxygens (including phenoxy) is 2. The van der Waals surface area contributed by atoms with Crippen LogP contribution in [-0.2, 0) is 0 Å². The second kappa shape index (κ2) is 3.24. The lowest BCUT2D eigenvalue weighted by atomic mass is 10.0. The smallest absolute Gasteiger partial charge is 0.136 e. The highest BCUT2D eigenvalue weighted by molar-refractivity contribution is 5.47. The number of methoxy groups -OCH3 is 1. The summed E-state index contributed by atoms with van der Waals surface area (Å²) in [7, 11) is 1.54. The number of alkyl halides is 1. The molecule has 1 heterocycles. The van der Waals surface area contributed by atoms with Gasteiger partial charge < -0.3 is 9.47 Å². The normalized spacial score (nSPS) is 20.3. The highest BCUT2D eigenvalue weighted by Crippen LogP contribution is 2.40. The van der Waals surface area contributed by atoms with Crippen LogP contribution in [0, 0.1) is 0 Å². The molecule has 13 heavy (non-hydrogen) atoms. The fourth-order valence-electron chi connectivity index (χ4n) is 1.55. The summed E-state index contributed by atoms with van der Waals surface area (Å²) in [5.41, 5.74) is 0.552. The highest BCUT2D eigenvalue weighted by atomic mass is 19.1. The van der Waals surface area contributed by atoms with E-state index < -0.39 is 6.17 Å². The maximum atomic E-state index is 13.5. The zero-order valence-corrected chi connectivity index (χ0v) is 7.42. The molecule has 70 valence electrons. The Morgan fingerprint density at radius 1 is 1.54 bits per heavy atom. The van der Waals surface area contributed by atoms with Crippen molar-refractivity contribution in [2.45, 2.75) is 12.6 Å². The number of hydrogen-bond donors (Lipinski definition) is 0. The first-order valence-electron chi connectivity index (χ1n) is 4.26. The lowest BCUT2D eigenvalue weighted by Gasteiger charge is -2.22. The molecule has 1 atom stereocenters. The van der Waals surface area contributed by atoms with Gasteiger partial charge in [0.1, 0.15) is 17.7 Å². The van der Waals surface area contributed by atoms with Gasteiger partial charge >= 0.3 is 0 Å². The van der Waals surface area contributed by atoms with E-state index >= 15 is 0 Å². The van der Waals surface area contributed by atoms with Gasteiger partial charge in [-0.05, 0) is 12.1 Å². The first kappa shape index (κ1) is 8.35. The van der Waals surface area contributed by atoms with Crippen molar-refractivity contribution >= 4 is 0 Å². The van der Waals surface area contributed by atoms with Crippen LogP contribution in [0.3, 0.4) is 0 Å². The first-order chi connectivity index (χ1) is 6.33. The summed E-state index contributed by atoms with van der Waals surface area (Å²) >= 11 is 0. The summed E-state index contributed by atoms with van der Waals surface area (Å²) in [5, 5.41) is 0. The minimum absolute atomic E-state index is 0.410. The average Bonchev–Trinajstić information content (AvgIpc) is 2.17. The zero-order valence-electron chi connectivity index (χ0n) is 7.42. The summed E-state index contributed by atoms with van der Waals surface area (Å²) in [6, 6.07) is 5.32. The highest BCUT2D eigenvalue weighted by Gasteiger charge is 2.24. The molecule has 1 aromatic rings. The molecule has 0 saturated heterocycles. The van der Waals surface area contributed by atoms with E-state index in [0.29, 0.717) is 30.1 Å². The molecule has 2 rings (SSSR count). The minimum atomic E-state index is -0.958. The van der Waals surface area contributed by atoms with Crippen molar-refractivity contribution in [3.05, 3.63) is 23.8 Å². The van der Waals surface area contributed by atoms with Gasteiger partial charge in [0, 0.05) is 6.42 Å². The Hall–Kier alpha value is -1.25. The maximum Gasteiger partial charge on any atom is 0.136 e. The minimum Gasteiger partial charge on any atom is -0.496 e. The van der Waals surface area contributed by atoms with Gasteiger partial charge in [0.05, 0.1) is 19.3 Å². The van der Waals surface area contributed by atoms with Crippen molar-refractivity contribution in [2.75, 3.05) is 13.7 Å². The second-order valence-corrected chi connectivity index (χ2v) is 2.98. The predicted octanol–water partition coefficient (Wildman–Crippen LogP) is 2.49. The third kappa shape index (κ3) is 1.34. The van der Waals surface area contributed by atoms with Crippen molar-refractivity contribution in [1.82, 2.24) is 0 Å². The Labute approximate surface area is 76.3 Å². The monoisotopic (exact) mass is 182 g/mol. The van der Waals surface area contributed by atoms with E-state index in [0.717, 1.165) is 0 Å². The second-order valence-electron chi connectivity index (χ2n) is 2.98. The molecule has 0 amide bonds. The third-order valence-corrected chi connectivity index (χ3v) is 2.19. The van der Waals surface area contributed by atoms with E-state index in [4.69, 9.17) is 9.47 Å². The molecule has 0 bridgehead atoms. The number of halogens is 1. The maximum absolute atomic E-state index is 13.5. The molecule has 1 aliphatic heterocycles. The van der Waals surface area contributed by atoms with Crippen LogP contribution in [0.2, 0.25) is 0 Å². The summed E-state index contributed by atoms with van der Waals surface area (Å²) in [5.74, 6) is 1.18. The molecule has 0 spiro atoms. The third-order valence-electron chi connectivity index (χ3n) is 2.19. The van der Waals surface area contributed by atoms with Crippen molar-refractivity contribution in [1.29, 1.82) is 0 Å². The van der Waals surface area contributed by atoms with Gasteiger partial charge in [-0.3, -0.25) is 0 Å². The molecular formula is C10H11FO2. The molecule has 1 aliphatic rings. The topological polar surface area (TPSA) is 18.5 Å². The van der Waals surface area contributed by atoms with Crippen molar-refractivity contribution in [3.8, 4) is 11.5 Å². The van der Waals surface area contributed by atoms with Gasteiger partial charge in [0.15, 0.2) is 0 Å². The van der Waals surface area contributed by atoms with Gasteiger partial charge in [0.2, 0.25) is 0 Å². The van der Waals surface area contributed by atoms with Crippen LogP contribution in [0.25, 0.3) is 0 Å². The molecule has 0 aromatic heterocycles. The van der Waals surface area contributed by atoms with Crippen LogP contribution in [-0.4, -0.2) is 13.7 Å². The molecule has 0 aliphatic carbocycles. The predicted molar refractivity (Wildman–Crippen MR) is 47.0 cm³/mol. The average molecular weight is 182 g/mol. The number of hydrogen-bond acceptors (Lipinski definition) is 2. The number of benzene rings is 1. The fourth-order valence-corrected chi connectivity index (χ4v) is 1.55. The van der Waals surface area contributed by atoms with Gasteiger partial charge in [0.25, 0.3) is 0 Å². The van der Waals surface area contributed by atoms with Crippen molar-refractivity contribution < 1.29 is 13.9 Å². The van der Waals surface area contributed by atoms with E-state index in [1.54, 1.807) is 18.2 Å². The molecule has 0 radical (unpaired) electrons. The zero-order chi connectivity index (χ0) is 9.26. The van der Waals surface area contributed by atoms with Crippen LogP contribution in [0.15, 0.2) is 18.2 Å². The Kier molecular flexibility index (Phi) is 2.08. The quantitative estimate of drug-likeness (QED) is 0.664. The van der Waals surface area contributed by atoms with Crippen molar-refractivity contribution in [2.24, 2.45) is 0 Å². The Morgan fingerprint density at radius 2 is 2.38 bits per heavy atom. The number of fused-ring (bicyclic) bond motifs is 1. The van der Waals surface area contributed by atoms with Crippen LogP contribution in [0.1, 0.15) is 18.2 Å². The Bertz CT molecular complexity index is 298. The standard InChI is InChI=1S/C10H11FO2/c1-12-8-3-2-4-9-10(8)7(11)5-6-13-9/h2-4,7H,5-6H2,1H3. The summed E-state index contributed by atoms with van der Waals surface area (Å²) in [4.78, 5) is 0. The Balaban J connectivity index is 2.50.